The van der Waals surface area contributed by atoms with E-state index in [0.717, 1.165) is 25.7 Å². The topological polar surface area (TPSA) is 47.6 Å². The maximum atomic E-state index is 8.79. The predicted octanol–water partition coefficient (Wildman–Crippen LogP) is 2.37. The lowest BCUT2D eigenvalue weighted by Crippen LogP contribution is -2.13. The SMILES string of the molecule is N#CC1(C#N)CCCCCC1. The predicted molar refractivity (Wildman–Crippen MR) is 41.4 cm³/mol. The van der Waals surface area contributed by atoms with E-state index in [0.29, 0.717) is 0 Å². The van der Waals surface area contributed by atoms with Crippen LogP contribution in [0.25, 0.3) is 0 Å². The van der Waals surface area contributed by atoms with Crippen molar-refractivity contribution in [3.8, 4) is 12.1 Å². The van der Waals surface area contributed by atoms with Gasteiger partial charge in [0, 0.05) is 0 Å². The molecule has 0 bridgehead atoms. The fraction of sp³-hybridized carbons (Fsp3) is 0.778. The Hall–Kier alpha value is -1.02. The minimum Gasteiger partial charge on any atom is -0.197 e. The van der Waals surface area contributed by atoms with Crippen LogP contribution in [0.1, 0.15) is 38.5 Å². The molecule has 2 heteroatoms. The molecule has 0 heterocycles. The van der Waals surface area contributed by atoms with E-state index in [1.165, 1.54) is 12.8 Å². The Morgan fingerprint density at radius 3 is 1.64 bits per heavy atom. The molecule has 0 aromatic rings. The Kier molecular flexibility index (Phi) is 2.49. The summed E-state index contributed by atoms with van der Waals surface area (Å²) in [6.45, 7) is 0. The first-order chi connectivity index (χ1) is 5.33. The third-order valence-electron chi connectivity index (χ3n) is 2.39. The Bertz CT molecular complexity index is 183. The highest BCUT2D eigenvalue weighted by Crippen LogP contribution is 2.33. The molecule has 0 aliphatic heterocycles. The van der Waals surface area contributed by atoms with Crippen molar-refractivity contribution in [1.29, 1.82) is 10.5 Å². The van der Waals surface area contributed by atoms with Crippen molar-refractivity contribution in [2.75, 3.05) is 0 Å². The molecule has 0 amide bonds. The zero-order valence-electron chi connectivity index (χ0n) is 6.64. The lowest BCUT2D eigenvalue weighted by molar-refractivity contribution is 0.450. The molecule has 1 aliphatic carbocycles. The Labute approximate surface area is 67.4 Å². The molecule has 1 saturated carbocycles. The van der Waals surface area contributed by atoms with Crippen molar-refractivity contribution in [2.45, 2.75) is 38.5 Å². The average molecular weight is 148 g/mol. The molecule has 0 atom stereocenters. The zero-order chi connectivity index (χ0) is 8.16. The number of nitriles is 2. The van der Waals surface area contributed by atoms with Crippen LogP contribution in [0, 0.1) is 28.1 Å². The first kappa shape index (κ1) is 8.08. The van der Waals surface area contributed by atoms with E-state index in [1.54, 1.807) is 0 Å². The van der Waals surface area contributed by atoms with Crippen molar-refractivity contribution in [2.24, 2.45) is 5.41 Å². The minimum absolute atomic E-state index is 0.642. The summed E-state index contributed by atoms with van der Waals surface area (Å²) in [5.74, 6) is 0. The molecule has 1 aliphatic rings. The van der Waals surface area contributed by atoms with Gasteiger partial charge in [-0.15, -0.1) is 0 Å². The highest BCUT2D eigenvalue weighted by atomic mass is 14.4. The van der Waals surface area contributed by atoms with E-state index in [2.05, 4.69) is 12.1 Å². The highest BCUT2D eigenvalue weighted by Gasteiger charge is 2.30. The van der Waals surface area contributed by atoms with Gasteiger partial charge in [-0.1, -0.05) is 25.7 Å². The first-order valence-electron chi connectivity index (χ1n) is 4.15. The Morgan fingerprint density at radius 1 is 0.818 bits per heavy atom. The summed E-state index contributed by atoms with van der Waals surface area (Å²) in [6, 6.07) is 4.29. The molecule has 0 aromatic heterocycles. The molecule has 0 spiro atoms. The van der Waals surface area contributed by atoms with Crippen molar-refractivity contribution in [1.82, 2.24) is 0 Å². The van der Waals surface area contributed by atoms with Gasteiger partial charge >= 0.3 is 0 Å². The minimum atomic E-state index is -0.642. The monoisotopic (exact) mass is 148 g/mol. The van der Waals surface area contributed by atoms with E-state index in [9.17, 15) is 0 Å². The van der Waals surface area contributed by atoms with Gasteiger partial charge in [0.1, 0.15) is 5.41 Å². The lowest BCUT2D eigenvalue weighted by Gasteiger charge is -2.13. The van der Waals surface area contributed by atoms with Crippen LogP contribution in [-0.4, -0.2) is 0 Å². The standard InChI is InChI=1S/C9H12N2/c10-7-9(8-11)5-3-1-2-4-6-9/h1-6H2. The van der Waals surface area contributed by atoms with Gasteiger partial charge in [0.2, 0.25) is 0 Å². The first-order valence-corrected chi connectivity index (χ1v) is 4.15. The molecule has 0 saturated heterocycles. The zero-order valence-corrected chi connectivity index (χ0v) is 6.64. The van der Waals surface area contributed by atoms with Gasteiger partial charge in [-0.25, -0.2) is 0 Å². The van der Waals surface area contributed by atoms with Crippen LogP contribution >= 0.6 is 0 Å². The van der Waals surface area contributed by atoms with Crippen LogP contribution in [-0.2, 0) is 0 Å². The van der Waals surface area contributed by atoms with Crippen molar-refractivity contribution >= 4 is 0 Å². The van der Waals surface area contributed by atoms with Crippen LogP contribution in [0.3, 0.4) is 0 Å². The molecular formula is C9H12N2. The molecule has 11 heavy (non-hydrogen) atoms. The largest absolute Gasteiger partial charge is 0.197 e. The molecule has 2 nitrogen and oxygen atoms in total. The Morgan fingerprint density at radius 2 is 1.27 bits per heavy atom. The third-order valence-corrected chi connectivity index (χ3v) is 2.39. The summed E-state index contributed by atoms with van der Waals surface area (Å²) in [6.07, 6.45) is 6.01. The summed E-state index contributed by atoms with van der Waals surface area (Å²) >= 11 is 0. The smallest absolute Gasteiger partial charge is 0.143 e. The molecule has 1 fully saturated rings. The number of hydrogen-bond donors (Lipinski definition) is 0. The number of nitrogens with zero attached hydrogens (tertiary/aromatic N) is 2. The van der Waals surface area contributed by atoms with Crippen LogP contribution in [0.2, 0.25) is 0 Å². The normalized spacial score (nSPS) is 22.7. The van der Waals surface area contributed by atoms with Gasteiger partial charge in [-0.2, -0.15) is 10.5 Å². The van der Waals surface area contributed by atoms with E-state index in [1.807, 2.05) is 0 Å². The molecule has 0 N–H and O–H groups in total. The number of hydrogen-bond acceptors (Lipinski definition) is 2. The van der Waals surface area contributed by atoms with Gasteiger partial charge in [0.05, 0.1) is 12.1 Å². The summed E-state index contributed by atoms with van der Waals surface area (Å²) in [5.41, 5.74) is -0.642. The summed E-state index contributed by atoms with van der Waals surface area (Å²) in [5, 5.41) is 17.6. The van der Waals surface area contributed by atoms with Gasteiger partial charge in [-0.3, -0.25) is 0 Å². The summed E-state index contributed by atoms with van der Waals surface area (Å²) in [4.78, 5) is 0. The number of rotatable bonds is 0. The van der Waals surface area contributed by atoms with Crippen LogP contribution in [0.15, 0.2) is 0 Å². The van der Waals surface area contributed by atoms with Crippen molar-refractivity contribution in [3.05, 3.63) is 0 Å². The van der Waals surface area contributed by atoms with Crippen LogP contribution in [0.5, 0.6) is 0 Å². The second kappa shape index (κ2) is 3.39. The van der Waals surface area contributed by atoms with E-state index in [4.69, 9.17) is 10.5 Å². The second-order valence-electron chi connectivity index (χ2n) is 3.22. The summed E-state index contributed by atoms with van der Waals surface area (Å²) < 4.78 is 0. The second-order valence-corrected chi connectivity index (χ2v) is 3.22. The molecule has 0 aromatic carbocycles. The quantitative estimate of drug-likeness (QED) is 0.495. The van der Waals surface area contributed by atoms with Crippen LogP contribution < -0.4 is 0 Å². The van der Waals surface area contributed by atoms with Crippen molar-refractivity contribution in [3.63, 3.8) is 0 Å². The van der Waals surface area contributed by atoms with Gasteiger partial charge in [0.25, 0.3) is 0 Å². The molecule has 0 radical (unpaired) electrons. The summed E-state index contributed by atoms with van der Waals surface area (Å²) in [7, 11) is 0. The average Bonchev–Trinajstić information content (AvgIpc) is 2.30. The van der Waals surface area contributed by atoms with E-state index in [-0.39, 0.29) is 0 Å². The molecule has 0 unspecified atom stereocenters. The fourth-order valence-corrected chi connectivity index (χ4v) is 1.58. The lowest BCUT2D eigenvalue weighted by atomic mass is 9.84. The maximum Gasteiger partial charge on any atom is 0.143 e. The fourth-order valence-electron chi connectivity index (χ4n) is 1.58. The van der Waals surface area contributed by atoms with Gasteiger partial charge in [0.15, 0.2) is 0 Å². The van der Waals surface area contributed by atoms with Gasteiger partial charge < -0.3 is 0 Å². The van der Waals surface area contributed by atoms with Crippen LogP contribution in [0.4, 0.5) is 0 Å². The van der Waals surface area contributed by atoms with Crippen molar-refractivity contribution < 1.29 is 0 Å². The Balaban J connectivity index is 2.68. The highest BCUT2D eigenvalue weighted by molar-refractivity contribution is 5.13. The van der Waals surface area contributed by atoms with E-state index >= 15 is 0 Å². The third kappa shape index (κ3) is 1.71. The molecule has 1 rings (SSSR count). The van der Waals surface area contributed by atoms with Gasteiger partial charge in [-0.05, 0) is 12.8 Å². The molecular weight excluding hydrogens is 136 g/mol. The maximum absolute atomic E-state index is 8.79. The molecule has 58 valence electrons. The van der Waals surface area contributed by atoms with E-state index < -0.39 is 5.41 Å².